The van der Waals surface area contributed by atoms with Crippen LogP contribution < -0.4 is 10.6 Å². The molecule has 0 saturated carbocycles. The number of nitrogens with one attached hydrogen (secondary N) is 2. The largest absolute Gasteiger partial charge is 0.462 e. The van der Waals surface area contributed by atoms with Crippen LogP contribution >= 0.6 is 0 Å². The number of rotatable bonds is 8. The smallest absolute Gasteiger partial charge is 0.340 e. The maximum atomic E-state index is 12.3. The summed E-state index contributed by atoms with van der Waals surface area (Å²) in [6.45, 7) is 3.85. The van der Waals surface area contributed by atoms with Crippen molar-refractivity contribution in [1.29, 1.82) is 0 Å². The number of carbonyl (C=O) groups excluding carboxylic acids is 3. The molecule has 142 valence electrons. The number of para-hydroxylation sites is 2. The number of ether oxygens (including phenoxy) is 2. The van der Waals surface area contributed by atoms with Gasteiger partial charge < -0.3 is 20.1 Å². The molecule has 0 fully saturated rings. The van der Waals surface area contributed by atoms with Crippen molar-refractivity contribution in [3.05, 3.63) is 59.7 Å². The Bertz CT molecular complexity index is 820. The molecule has 2 aromatic rings. The molecule has 2 rings (SSSR count). The molecule has 0 spiro atoms. The molecule has 2 aromatic carbocycles. The van der Waals surface area contributed by atoms with Crippen LogP contribution in [0.3, 0.4) is 0 Å². The van der Waals surface area contributed by atoms with Crippen molar-refractivity contribution < 1.29 is 23.9 Å². The first-order valence-electron chi connectivity index (χ1n) is 8.62. The molecule has 0 bridgehead atoms. The molecule has 0 aromatic heterocycles. The minimum absolute atomic E-state index is 0.0897. The lowest BCUT2D eigenvalue weighted by molar-refractivity contribution is -0.114. The highest BCUT2D eigenvalue weighted by Gasteiger charge is 2.15. The van der Waals surface area contributed by atoms with Gasteiger partial charge in [-0.15, -0.1) is 0 Å². The van der Waals surface area contributed by atoms with Crippen LogP contribution in [0.4, 0.5) is 11.4 Å². The van der Waals surface area contributed by atoms with Crippen LogP contribution in [0.15, 0.2) is 48.5 Å². The summed E-state index contributed by atoms with van der Waals surface area (Å²) >= 11 is 0. The van der Waals surface area contributed by atoms with Gasteiger partial charge in [0.2, 0.25) is 5.91 Å². The lowest BCUT2D eigenvalue weighted by Gasteiger charge is -2.13. The van der Waals surface area contributed by atoms with Crippen LogP contribution in [0.25, 0.3) is 0 Å². The van der Waals surface area contributed by atoms with E-state index in [1.807, 2.05) is 0 Å². The zero-order chi connectivity index (χ0) is 19.6. The molecular formula is C20H22N2O5. The van der Waals surface area contributed by atoms with Gasteiger partial charge in [0.1, 0.15) is 0 Å². The van der Waals surface area contributed by atoms with Crippen molar-refractivity contribution in [1.82, 2.24) is 0 Å². The molecule has 2 N–H and O–H groups in total. The van der Waals surface area contributed by atoms with Gasteiger partial charge in [-0.2, -0.15) is 0 Å². The highest BCUT2D eigenvalue weighted by Crippen LogP contribution is 2.18. The Labute approximate surface area is 157 Å². The molecule has 1 amide bonds. The van der Waals surface area contributed by atoms with Gasteiger partial charge in [0.05, 0.1) is 36.6 Å². The summed E-state index contributed by atoms with van der Waals surface area (Å²) in [6, 6.07) is 13.4. The van der Waals surface area contributed by atoms with Gasteiger partial charge in [-0.3, -0.25) is 4.79 Å². The molecule has 7 heteroatoms. The van der Waals surface area contributed by atoms with Gasteiger partial charge in [-0.1, -0.05) is 24.3 Å². The fourth-order valence-corrected chi connectivity index (χ4v) is 2.37. The third-order valence-corrected chi connectivity index (χ3v) is 3.56. The van der Waals surface area contributed by atoms with E-state index in [9.17, 15) is 14.4 Å². The molecule has 0 unspecified atom stereocenters. The second-order valence-electron chi connectivity index (χ2n) is 5.43. The molecule has 0 aliphatic heterocycles. The minimum Gasteiger partial charge on any atom is -0.462 e. The summed E-state index contributed by atoms with van der Waals surface area (Å²) in [4.78, 5) is 36.2. The van der Waals surface area contributed by atoms with Gasteiger partial charge in [0.15, 0.2) is 0 Å². The molecular weight excluding hydrogens is 348 g/mol. The van der Waals surface area contributed by atoms with E-state index in [-0.39, 0.29) is 31.2 Å². The predicted molar refractivity (Wildman–Crippen MR) is 102 cm³/mol. The van der Waals surface area contributed by atoms with Crippen molar-refractivity contribution in [3.63, 3.8) is 0 Å². The zero-order valence-electron chi connectivity index (χ0n) is 15.3. The van der Waals surface area contributed by atoms with Crippen LogP contribution in [0.2, 0.25) is 0 Å². The quantitative estimate of drug-likeness (QED) is 0.694. The Kier molecular flexibility index (Phi) is 7.37. The van der Waals surface area contributed by atoms with E-state index in [1.54, 1.807) is 62.4 Å². The van der Waals surface area contributed by atoms with E-state index in [4.69, 9.17) is 9.47 Å². The van der Waals surface area contributed by atoms with E-state index in [2.05, 4.69) is 10.6 Å². The van der Waals surface area contributed by atoms with Crippen molar-refractivity contribution in [2.24, 2.45) is 0 Å². The molecule has 0 heterocycles. The Morgan fingerprint density at radius 1 is 0.778 bits per heavy atom. The number of benzene rings is 2. The first-order chi connectivity index (χ1) is 13.1. The fourth-order valence-electron chi connectivity index (χ4n) is 2.37. The Hall–Kier alpha value is -3.35. The maximum Gasteiger partial charge on any atom is 0.340 e. The molecule has 0 aliphatic rings. The molecule has 7 nitrogen and oxygen atoms in total. The summed E-state index contributed by atoms with van der Waals surface area (Å²) < 4.78 is 9.99. The van der Waals surface area contributed by atoms with Crippen LogP contribution in [-0.4, -0.2) is 37.6 Å². The topological polar surface area (TPSA) is 93.7 Å². The van der Waals surface area contributed by atoms with Gasteiger partial charge in [-0.25, -0.2) is 9.59 Å². The average molecular weight is 370 g/mol. The van der Waals surface area contributed by atoms with E-state index in [1.165, 1.54) is 0 Å². The molecule has 0 radical (unpaired) electrons. The van der Waals surface area contributed by atoms with E-state index in [0.717, 1.165) is 0 Å². The monoisotopic (exact) mass is 370 g/mol. The SMILES string of the molecule is CCOC(=O)c1ccccc1NCC(=O)Nc1ccccc1C(=O)OCC. The highest BCUT2D eigenvalue weighted by molar-refractivity contribution is 6.03. The average Bonchev–Trinajstić information content (AvgIpc) is 2.67. The highest BCUT2D eigenvalue weighted by atomic mass is 16.5. The third-order valence-electron chi connectivity index (χ3n) is 3.56. The normalized spacial score (nSPS) is 10.0. The van der Waals surface area contributed by atoms with Gasteiger partial charge in [-0.05, 0) is 38.1 Å². The van der Waals surface area contributed by atoms with Crippen molar-refractivity contribution in [2.75, 3.05) is 30.4 Å². The summed E-state index contributed by atoms with van der Waals surface area (Å²) in [5, 5.41) is 5.59. The summed E-state index contributed by atoms with van der Waals surface area (Å²) in [5.74, 6) is -1.34. The van der Waals surface area contributed by atoms with Crippen molar-refractivity contribution in [3.8, 4) is 0 Å². The first kappa shape index (κ1) is 20.0. The van der Waals surface area contributed by atoms with Crippen molar-refractivity contribution in [2.45, 2.75) is 13.8 Å². The molecule has 0 aliphatic carbocycles. The van der Waals surface area contributed by atoms with Crippen LogP contribution in [0, 0.1) is 0 Å². The number of amides is 1. The number of carbonyl (C=O) groups is 3. The number of anilines is 2. The zero-order valence-corrected chi connectivity index (χ0v) is 15.3. The summed E-state index contributed by atoms with van der Waals surface area (Å²) in [5.41, 5.74) is 1.48. The number of hydrogen-bond acceptors (Lipinski definition) is 6. The molecule has 0 atom stereocenters. The maximum absolute atomic E-state index is 12.3. The lowest BCUT2D eigenvalue weighted by atomic mass is 10.1. The van der Waals surface area contributed by atoms with Crippen LogP contribution in [-0.2, 0) is 14.3 Å². The Balaban J connectivity index is 2.04. The summed E-state index contributed by atoms with van der Waals surface area (Å²) in [6.07, 6.45) is 0. The fraction of sp³-hybridized carbons (Fsp3) is 0.250. The second-order valence-corrected chi connectivity index (χ2v) is 5.43. The first-order valence-corrected chi connectivity index (χ1v) is 8.62. The lowest BCUT2D eigenvalue weighted by Crippen LogP contribution is -2.24. The molecule has 0 saturated heterocycles. The minimum atomic E-state index is -0.506. The Morgan fingerprint density at radius 2 is 1.26 bits per heavy atom. The molecule has 27 heavy (non-hydrogen) atoms. The van der Waals surface area contributed by atoms with Crippen LogP contribution in [0.5, 0.6) is 0 Å². The predicted octanol–water partition coefficient (Wildman–Crippen LogP) is 3.09. The van der Waals surface area contributed by atoms with Gasteiger partial charge in [0.25, 0.3) is 0 Å². The van der Waals surface area contributed by atoms with E-state index < -0.39 is 11.9 Å². The van der Waals surface area contributed by atoms with Gasteiger partial charge >= 0.3 is 11.9 Å². The second kappa shape index (κ2) is 9.96. The van der Waals surface area contributed by atoms with Gasteiger partial charge in [0, 0.05) is 5.69 Å². The van der Waals surface area contributed by atoms with E-state index >= 15 is 0 Å². The van der Waals surface area contributed by atoms with Crippen LogP contribution in [0.1, 0.15) is 34.6 Å². The standard InChI is InChI=1S/C20H22N2O5/c1-3-26-19(24)14-9-5-7-11-16(14)21-13-18(23)22-17-12-8-6-10-15(17)20(25)27-4-2/h5-12,21H,3-4,13H2,1-2H3,(H,22,23). The third kappa shape index (κ3) is 5.57. The number of hydrogen-bond donors (Lipinski definition) is 2. The summed E-state index contributed by atoms with van der Waals surface area (Å²) in [7, 11) is 0. The van der Waals surface area contributed by atoms with Crippen molar-refractivity contribution >= 4 is 29.2 Å². The number of esters is 2. The van der Waals surface area contributed by atoms with E-state index in [0.29, 0.717) is 16.9 Å². The Morgan fingerprint density at radius 3 is 1.81 bits per heavy atom.